The Balaban J connectivity index is 2.05. The molecule has 0 amide bonds. The average molecular weight is 549 g/mol. The lowest BCUT2D eigenvalue weighted by atomic mass is 10.0. The first-order valence-corrected chi connectivity index (χ1v) is 13.1. The fraction of sp³-hybridized carbons (Fsp3) is 0.360. The molecule has 0 aliphatic carbocycles. The predicted molar refractivity (Wildman–Crippen MR) is 131 cm³/mol. The first-order chi connectivity index (χ1) is 18.1. The van der Waals surface area contributed by atoms with Gasteiger partial charge in [0.15, 0.2) is 12.2 Å². The van der Waals surface area contributed by atoms with Crippen LogP contribution in [-0.4, -0.2) is 53.2 Å². The van der Waals surface area contributed by atoms with Crippen molar-refractivity contribution < 1.29 is 52.2 Å². The summed E-state index contributed by atoms with van der Waals surface area (Å²) in [6.45, 7) is 2.79. The highest BCUT2D eigenvalue weighted by Gasteiger charge is 2.59. The van der Waals surface area contributed by atoms with Crippen LogP contribution in [-0.2, 0) is 60.2 Å². The van der Waals surface area contributed by atoms with Crippen LogP contribution in [0.15, 0.2) is 65.8 Å². The molecule has 1 fully saturated rings. The Morgan fingerprint density at radius 3 is 1.66 bits per heavy atom. The molecular formula is C25H28NO11P. The minimum absolute atomic E-state index is 0.198. The molecule has 38 heavy (non-hydrogen) atoms. The van der Waals surface area contributed by atoms with Gasteiger partial charge in [0, 0.05) is 20.8 Å². The summed E-state index contributed by atoms with van der Waals surface area (Å²) in [5, 5.41) is 12.7. The van der Waals surface area contributed by atoms with Gasteiger partial charge < -0.3 is 33.2 Å². The summed E-state index contributed by atoms with van der Waals surface area (Å²) in [5.74, 6) is -5.00. The fourth-order valence-corrected chi connectivity index (χ4v) is 5.51. The number of esters is 3. The van der Waals surface area contributed by atoms with Crippen molar-refractivity contribution in [2.24, 2.45) is 5.16 Å². The van der Waals surface area contributed by atoms with Gasteiger partial charge in [-0.1, -0.05) is 65.8 Å². The van der Waals surface area contributed by atoms with E-state index in [-0.39, 0.29) is 13.2 Å². The summed E-state index contributed by atoms with van der Waals surface area (Å²) in [6.07, 6.45) is -4.89. The molecule has 2 aromatic carbocycles. The normalized spacial score (nSPS) is 22.2. The molecular weight excluding hydrogens is 521 g/mol. The summed E-state index contributed by atoms with van der Waals surface area (Å²) in [6, 6.07) is 17.5. The van der Waals surface area contributed by atoms with Crippen LogP contribution in [0.2, 0.25) is 0 Å². The van der Waals surface area contributed by atoms with E-state index in [1.807, 2.05) is 0 Å². The molecule has 1 saturated heterocycles. The van der Waals surface area contributed by atoms with E-state index in [1.54, 1.807) is 60.7 Å². The number of hydrogen-bond acceptors (Lipinski definition) is 12. The zero-order chi connectivity index (χ0) is 27.7. The Hall–Kier alpha value is -3.73. The molecule has 13 heteroatoms. The molecule has 12 nitrogen and oxygen atoms in total. The molecule has 1 N–H and O–H groups in total. The molecule has 0 unspecified atom stereocenters. The maximum atomic E-state index is 14.4. The lowest BCUT2D eigenvalue weighted by Gasteiger charge is -2.42. The third-order valence-electron chi connectivity index (χ3n) is 5.20. The van der Waals surface area contributed by atoms with Crippen LogP contribution >= 0.6 is 7.60 Å². The second-order valence-corrected chi connectivity index (χ2v) is 10.3. The molecule has 4 atom stereocenters. The standard InChI is InChI=1S/C25H28NO11P/c1-16(27)34-21-22(35-17(2)28)24(26-30)37-25(23(21)36-18(3)29)38(31,32-14-19-10-6-4-7-11-19)33-15-20-12-8-5-9-13-20/h4-13,21-23,25,30H,14-15H2,1-3H3/b26-24-/t21-,22-,23+,25-/m1/s1. The van der Waals surface area contributed by atoms with Crippen molar-refractivity contribution in [3.63, 3.8) is 0 Å². The van der Waals surface area contributed by atoms with Crippen LogP contribution in [0.1, 0.15) is 31.9 Å². The Morgan fingerprint density at radius 1 is 0.789 bits per heavy atom. The third kappa shape index (κ3) is 7.64. The van der Waals surface area contributed by atoms with Gasteiger partial charge in [-0.2, -0.15) is 0 Å². The van der Waals surface area contributed by atoms with E-state index in [0.29, 0.717) is 11.1 Å². The number of oxime groups is 1. The molecule has 2 aromatic rings. The molecule has 0 spiro atoms. The van der Waals surface area contributed by atoms with E-state index in [4.69, 9.17) is 28.0 Å². The first-order valence-electron chi connectivity index (χ1n) is 11.5. The van der Waals surface area contributed by atoms with Crippen molar-refractivity contribution in [3.8, 4) is 0 Å². The first kappa shape index (κ1) is 28.8. The Kier molecular flexibility index (Phi) is 10.0. The summed E-state index contributed by atoms with van der Waals surface area (Å²) in [5.41, 5.74) is 1.28. The van der Waals surface area contributed by atoms with Gasteiger partial charge in [0.05, 0.1) is 13.2 Å². The van der Waals surface area contributed by atoms with Crippen molar-refractivity contribution in [1.82, 2.24) is 0 Å². The van der Waals surface area contributed by atoms with Gasteiger partial charge in [-0.3, -0.25) is 18.9 Å². The average Bonchev–Trinajstić information content (AvgIpc) is 2.88. The third-order valence-corrected chi connectivity index (χ3v) is 7.20. The number of carbonyl (C=O) groups excluding carboxylic acids is 3. The molecule has 0 aromatic heterocycles. The van der Waals surface area contributed by atoms with Gasteiger partial charge >= 0.3 is 25.5 Å². The van der Waals surface area contributed by atoms with E-state index in [2.05, 4.69) is 5.16 Å². The van der Waals surface area contributed by atoms with Crippen LogP contribution in [0.4, 0.5) is 0 Å². The minimum Gasteiger partial charge on any atom is -0.455 e. The maximum Gasteiger partial charge on any atom is 0.375 e. The Morgan fingerprint density at radius 2 is 1.24 bits per heavy atom. The largest absolute Gasteiger partial charge is 0.455 e. The second kappa shape index (κ2) is 13.2. The van der Waals surface area contributed by atoms with E-state index in [0.717, 1.165) is 20.8 Å². The second-order valence-electron chi connectivity index (χ2n) is 8.18. The number of nitrogens with zero attached hydrogens (tertiary/aromatic N) is 1. The number of rotatable bonds is 10. The quantitative estimate of drug-likeness (QED) is 0.152. The summed E-state index contributed by atoms with van der Waals surface area (Å²) in [7, 11) is -4.45. The fourth-order valence-electron chi connectivity index (χ4n) is 3.65. The van der Waals surface area contributed by atoms with E-state index >= 15 is 0 Å². The predicted octanol–water partition coefficient (Wildman–Crippen LogP) is 3.55. The van der Waals surface area contributed by atoms with Gasteiger partial charge in [-0.05, 0) is 11.1 Å². The molecule has 1 aliphatic rings. The Labute approximate surface area is 218 Å². The van der Waals surface area contributed by atoms with Crippen molar-refractivity contribution in [1.29, 1.82) is 0 Å². The van der Waals surface area contributed by atoms with Crippen LogP contribution in [0.3, 0.4) is 0 Å². The molecule has 0 saturated carbocycles. The van der Waals surface area contributed by atoms with Crippen molar-refractivity contribution in [2.45, 2.75) is 58.1 Å². The highest BCUT2D eigenvalue weighted by atomic mass is 31.2. The topological polar surface area (TPSA) is 156 Å². The van der Waals surface area contributed by atoms with Crippen LogP contribution in [0.5, 0.6) is 0 Å². The van der Waals surface area contributed by atoms with Gasteiger partial charge in [-0.15, -0.1) is 0 Å². The van der Waals surface area contributed by atoms with Gasteiger partial charge in [0.1, 0.15) is 0 Å². The van der Waals surface area contributed by atoms with Crippen molar-refractivity contribution in [2.75, 3.05) is 0 Å². The van der Waals surface area contributed by atoms with E-state index in [1.165, 1.54) is 0 Å². The monoisotopic (exact) mass is 549 g/mol. The molecule has 1 heterocycles. The molecule has 3 rings (SSSR count). The zero-order valence-electron chi connectivity index (χ0n) is 20.9. The smallest absolute Gasteiger partial charge is 0.375 e. The number of carbonyl (C=O) groups is 3. The number of benzene rings is 2. The maximum absolute atomic E-state index is 14.4. The lowest BCUT2D eigenvalue weighted by Crippen LogP contribution is -2.59. The van der Waals surface area contributed by atoms with Crippen LogP contribution < -0.4 is 0 Å². The molecule has 0 bridgehead atoms. The number of ether oxygens (including phenoxy) is 4. The van der Waals surface area contributed by atoms with Gasteiger partial charge in [0.2, 0.25) is 11.9 Å². The molecule has 1 aliphatic heterocycles. The van der Waals surface area contributed by atoms with Crippen molar-refractivity contribution in [3.05, 3.63) is 71.8 Å². The zero-order valence-corrected chi connectivity index (χ0v) is 21.8. The van der Waals surface area contributed by atoms with Crippen LogP contribution in [0, 0.1) is 0 Å². The van der Waals surface area contributed by atoms with Crippen LogP contribution in [0.25, 0.3) is 0 Å². The van der Waals surface area contributed by atoms with Gasteiger partial charge in [0.25, 0.3) is 5.90 Å². The SMILES string of the molecule is CC(=O)O[C@H]1[C@H](OC(C)=O)[C@@H](P(=O)(OCc2ccccc2)OCc2ccccc2)O/C(=N\O)[C@@H]1OC(C)=O. The summed E-state index contributed by atoms with van der Waals surface area (Å²) >= 11 is 0. The molecule has 204 valence electrons. The minimum atomic E-state index is -4.45. The number of hydrogen-bond donors (Lipinski definition) is 1. The summed E-state index contributed by atoms with van der Waals surface area (Å²) in [4.78, 5) is 35.8. The highest BCUT2D eigenvalue weighted by molar-refractivity contribution is 7.54. The summed E-state index contributed by atoms with van der Waals surface area (Å²) < 4.78 is 47.4. The van der Waals surface area contributed by atoms with E-state index < -0.39 is 55.6 Å². The van der Waals surface area contributed by atoms with Gasteiger partial charge in [-0.25, -0.2) is 0 Å². The lowest BCUT2D eigenvalue weighted by molar-refractivity contribution is -0.191. The highest BCUT2D eigenvalue weighted by Crippen LogP contribution is 2.58. The molecule has 0 radical (unpaired) electrons. The van der Waals surface area contributed by atoms with Crippen molar-refractivity contribution >= 4 is 31.4 Å². The van der Waals surface area contributed by atoms with E-state index in [9.17, 15) is 24.2 Å². The Bertz CT molecular complexity index is 1140.